The summed E-state index contributed by atoms with van der Waals surface area (Å²) in [5, 5.41) is 0.599. The third kappa shape index (κ3) is 5.21. The number of ether oxygens (including phenoxy) is 2. The number of amides is 1. The molecule has 1 amide bonds. The molecule has 2 aromatic carbocycles. The van der Waals surface area contributed by atoms with Crippen molar-refractivity contribution in [1.82, 2.24) is 4.90 Å². The number of carbonyl (C=O) groups is 1. The van der Waals surface area contributed by atoms with E-state index in [1.54, 1.807) is 12.1 Å². The number of benzene rings is 2. The quantitative estimate of drug-likeness (QED) is 0.809. The molecule has 0 bridgehead atoms. The molecule has 1 saturated heterocycles. The number of primary amides is 1. The molecule has 0 aliphatic carbocycles. The molecule has 3 rings (SSSR count). The molecule has 6 heteroatoms. The molecule has 1 aliphatic heterocycles. The van der Waals surface area contributed by atoms with E-state index in [-0.39, 0.29) is 13.0 Å². The lowest BCUT2D eigenvalue weighted by molar-refractivity contribution is -0.148. The lowest BCUT2D eigenvalue weighted by Gasteiger charge is -2.42. The summed E-state index contributed by atoms with van der Waals surface area (Å²) >= 11 is 6.01. The van der Waals surface area contributed by atoms with Crippen LogP contribution in [0.3, 0.4) is 0 Å². The van der Waals surface area contributed by atoms with E-state index in [1.165, 1.54) is 5.56 Å². The minimum absolute atomic E-state index is 0.110. The van der Waals surface area contributed by atoms with Gasteiger partial charge in [0.2, 0.25) is 5.91 Å². The van der Waals surface area contributed by atoms with E-state index in [0.717, 1.165) is 13.1 Å². The number of hydrogen-bond donors (Lipinski definition) is 1. The predicted molar refractivity (Wildman–Crippen MR) is 101 cm³/mol. The van der Waals surface area contributed by atoms with Crippen LogP contribution in [-0.2, 0) is 16.1 Å². The number of nitrogens with zero attached hydrogens (tertiary/aromatic N) is 1. The summed E-state index contributed by atoms with van der Waals surface area (Å²) in [5.41, 5.74) is 5.94. The molecule has 0 saturated carbocycles. The first-order valence-corrected chi connectivity index (χ1v) is 8.99. The van der Waals surface area contributed by atoms with Gasteiger partial charge in [0.25, 0.3) is 0 Å². The van der Waals surface area contributed by atoms with E-state index >= 15 is 0 Å². The first-order chi connectivity index (χ1) is 12.5. The molecule has 2 aromatic rings. The van der Waals surface area contributed by atoms with E-state index in [1.807, 2.05) is 30.3 Å². The Morgan fingerprint density at radius 1 is 1.23 bits per heavy atom. The van der Waals surface area contributed by atoms with Gasteiger partial charge in [0.15, 0.2) is 0 Å². The summed E-state index contributed by atoms with van der Waals surface area (Å²) in [6.45, 7) is 2.93. The van der Waals surface area contributed by atoms with Gasteiger partial charge in [-0.05, 0) is 23.8 Å². The molecule has 0 radical (unpaired) electrons. The molecule has 5 nitrogen and oxygen atoms in total. The fourth-order valence-corrected chi connectivity index (χ4v) is 3.41. The zero-order chi connectivity index (χ0) is 18.4. The minimum atomic E-state index is -0.763. The maximum Gasteiger partial charge on any atom is 0.220 e. The van der Waals surface area contributed by atoms with Crippen molar-refractivity contribution in [3.05, 3.63) is 65.2 Å². The van der Waals surface area contributed by atoms with Crippen molar-refractivity contribution in [2.45, 2.75) is 18.6 Å². The zero-order valence-corrected chi connectivity index (χ0v) is 15.3. The van der Waals surface area contributed by atoms with Gasteiger partial charge >= 0.3 is 0 Å². The lowest BCUT2D eigenvalue weighted by Crippen LogP contribution is -2.56. The molecule has 1 atom stereocenters. The second-order valence-corrected chi connectivity index (χ2v) is 7.05. The summed E-state index contributed by atoms with van der Waals surface area (Å²) in [5.74, 6) is 0.242. The Hall–Kier alpha value is -2.08. The van der Waals surface area contributed by atoms with E-state index in [9.17, 15) is 4.79 Å². The molecule has 1 fully saturated rings. The molecule has 1 unspecified atom stereocenters. The van der Waals surface area contributed by atoms with Gasteiger partial charge in [-0.1, -0.05) is 48.0 Å². The lowest BCUT2D eigenvalue weighted by atomic mass is 9.97. The second kappa shape index (κ2) is 8.54. The Balaban J connectivity index is 1.70. The van der Waals surface area contributed by atoms with Crippen LogP contribution in [0.1, 0.15) is 12.0 Å². The third-order valence-electron chi connectivity index (χ3n) is 4.37. The fourth-order valence-electron chi connectivity index (χ4n) is 3.23. The SMILES string of the molecule is NC(=O)CC1(COc2cccc(Cl)c2)CN(Cc2ccccc2)CCO1. The van der Waals surface area contributed by atoms with Gasteiger partial charge in [-0.3, -0.25) is 9.69 Å². The van der Waals surface area contributed by atoms with Crippen LogP contribution in [-0.4, -0.2) is 42.7 Å². The van der Waals surface area contributed by atoms with Gasteiger partial charge in [0.1, 0.15) is 18.0 Å². The Labute approximate surface area is 158 Å². The molecule has 0 aromatic heterocycles. The van der Waals surface area contributed by atoms with Crippen LogP contribution in [0.4, 0.5) is 0 Å². The van der Waals surface area contributed by atoms with Crippen LogP contribution >= 0.6 is 11.6 Å². The summed E-state index contributed by atoms with van der Waals surface area (Å²) in [4.78, 5) is 13.9. The fraction of sp³-hybridized carbons (Fsp3) is 0.350. The highest BCUT2D eigenvalue weighted by atomic mass is 35.5. The van der Waals surface area contributed by atoms with Gasteiger partial charge in [0.05, 0.1) is 13.0 Å². The topological polar surface area (TPSA) is 64.8 Å². The number of hydrogen-bond acceptors (Lipinski definition) is 4. The Bertz CT molecular complexity index is 741. The maximum absolute atomic E-state index is 11.7. The number of morpholine rings is 1. The summed E-state index contributed by atoms with van der Waals surface area (Å²) in [6.07, 6.45) is 0.110. The highest BCUT2D eigenvalue weighted by Crippen LogP contribution is 2.26. The molecule has 2 N–H and O–H groups in total. The van der Waals surface area contributed by atoms with Crippen molar-refractivity contribution in [2.75, 3.05) is 26.3 Å². The highest BCUT2D eigenvalue weighted by molar-refractivity contribution is 6.30. The summed E-state index contributed by atoms with van der Waals surface area (Å²) in [6, 6.07) is 17.4. The number of halogens is 1. The van der Waals surface area contributed by atoms with Crippen molar-refractivity contribution in [1.29, 1.82) is 0 Å². The maximum atomic E-state index is 11.7. The van der Waals surface area contributed by atoms with Crippen LogP contribution in [0.2, 0.25) is 5.02 Å². The molecule has 1 aliphatic rings. The first-order valence-electron chi connectivity index (χ1n) is 8.62. The molecule has 138 valence electrons. The standard InChI is InChI=1S/C20H23ClN2O3/c21-17-7-4-8-18(11-17)25-15-20(12-19(22)24)14-23(9-10-26-20)13-16-5-2-1-3-6-16/h1-8,11H,9-10,12-15H2,(H2,22,24). The molecular formula is C20H23ClN2O3. The van der Waals surface area contributed by atoms with Crippen molar-refractivity contribution >= 4 is 17.5 Å². The van der Waals surface area contributed by atoms with Gasteiger partial charge in [-0.25, -0.2) is 0 Å². The van der Waals surface area contributed by atoms with E-state index in [0.29, 0.717) is 23.9 Å². The van der Waals surface area contributed by atoms with Gasteiger partial charge < -0.3 is 15.2 Å². The molecule has 26 heavy (non-hydrogen) atoms. The van der Waals surface area contributed by atoms with Crippen molar-refractivity contribution < 1.29 is 14.3 Å². The average Bonchev–Trinajstić information content (AvgIpc) is 2.61. The second-order valence-electron chi connectivity index (χ2n) is 6.62. The van der Waals surface area contributed by atoms with Crippen molar-refractivity contribution in [3.63, 3.8) is 0 Å². The van der Waals surface area contributed by atoms with Crippen LogP contribution in [0.25, 0.3) is 0 Å². The average molecular weight is 375 g/mol. The molecule has 0 spiro atoms. The largest absolute Gasteiger partial charge is 0.490 e. The van der Waals surface area contributed by atoms with Crippen molar-refractivity contribution in [2.24, 2.45) is 5.73 Å². The smallest absolute Gasteiger partial charge is 0.220 e. The van der Waals surface area contributed by atoms with E-state index in [2.05, 4.69) is 17.0 Å². The molecule has 1 heterocycles. The van der Waals surface area contributed by atoms with E-state index < -0.39 is 11.5 Å². The third-order valence-corrected chi connectivity index (χ3v) is 4.61. The summed E-state index contributed by atoms with van der Waals surface area (Å²) in [7, 11) is 0. The monoisotopic (exact) mass is 374 g/mol. The summed E-state index contributed by atoms with van der Waals surface area (Å²) < 4.78 is 11.9. The number of carbonyl (C=O) groups excluding carboxylic acids is 1. The van der Waals surface area contributed by atoms with Gasteiger partial charge in [0, 0.05) is 24.7 Å². The Morgan fingerprint density at radius 3 is 2.77 bits per heavy atom. The predicted octanol–water partition coefficient (Wildman–Crippen LogP) is 2.87. The molecular weight excluding hydrogens is 352 g/mol. The highest BCUT2D eigenvalue weighted by Gasteiger charge is 2.39. The van der Waals surface area contributed by atoms with Crippen LogP contribution < -0.4 is 10.5 Å². The number of nitrogens with two attached hydrogens (primary N) is 1. The number of rotatable bonds is 7. The van der Waals surface area contributed by atoms with Gasteiger partial charge in [-0.2, -0.15) is 0 Å². The van der Waals surface area contributed by atoms with Crippen molar-refractivity contribution in [3.8, 4) is 5.75 Å². The van der Waals surface area contributed by atoms with E-state index in [4.69, 9.17) is 26.8 Å². The normalized spacial score (nSPS) is 20.7. The zero-order valence-electron chi connectivity index (χ0n) is 14.6. The Kier molecular flexibility index (Phi) is 6.14. The van der Waals surface area contributed by atoms with Gasteiger partial charge in [-0.15, -0.1) is 0 Å². The van der Waals surface area contributed by atoms with Crippen LogP contribution in [0.15, 0.2) is 54.6 Å². The van der Waals surface area contributed by atoms with Crippen LogP contribution in [0, 0.1) is 0 Å². The van der Waals surface area contributed by atoms with Crippen LogP contribution in [0.5, 0.6) is 5.75 Å². The minimum Gasteiger partial charge on any atom is -0.490 e. The Morgan fingerprint density at radius 2 is 2.04 bits per heavy atom. The first kappa shape index (κ1) is 18.7.